The van der Waals surface area contributed by atoms with E-state index in [-0.39, 0.29) is 17.3 Å². The summed E-state index contributed by atoms with van der Waals surface area (Å²) in [5, 5.41) is 11.1. The predicted molar refractivity (Wildman–Crippen MR) is 68.5 cm³/mol. The number of terminal acetylenes is 1. The fourth-order valence-corrected chi connectivity index (χ4v) is 1.52. The molecule has 19 heavy (non-hydrogen) atoms. The van der Waals surface area contributed by atoms with E-state index in [0.717, 1.165) is 17.0 Å². The van der Waals surface area contributed by atoms with Crippen molar-refractivity contribution in [3.8, 4) is 12.3 Å². The van der Waals surface area contributed by atoms with E-state index in [0.29, 0.717) is 0 Å². The van der Waals surface area contributed by atoms with Gasteiger partial charge in [-0.25, -0.2) is 9.18 Å². The number of carboxylic acid groups (broad SMARTS) is 1. The van der Waals surface area contributed by atoms with Crippen molar-refractivity contribution in [2.45, 2.75) is 0 Å². The van der Waals surface area contributed by atoms with Gasteiger partial charge in [0.2, 0.25) is 0 Å². The molecule has 0 aliphatic heterocycles. The third-order valence-corrected chi connectivity index (χ3v) is 2.23. The topological polar surface area (TPSA) is 69.6 Å². The van der Waals surface area contributed by atoms with Gasteiger partial charge in [0.25, 0.3) is 0 Å². The lowest BCUT2D eigenvalue weighted by Gasteiger charge is -2.18. The molecule has 0 saturated carbocycles. The van der Waals surface area contributed by atoms with Crippen LogP contribution in [0.5, 0.6) is 0 Å². The molecule has 0 heterocycles. The summed E-state index contributed by atoms with van der Waals surface area (Å²) in [6.45, 7) is -0.736. The number of nitrogens with zero attached hydrogens (tertiary/aromatic N) is 1. The summed E-state index contributed by atoms with van der Waals surface area (Å²) in [6.07, 6.45) is 5.04. The van der Waals surface area contributed by atoms with Crippen molar-refractivity contribution in [1.29, 1.82) is 0 Å². The highest BCUT2D eigenvalue weighted by molar-refractivity contribution is 6.30. The quantitative estimate of drug-likeness (QED) is 0.831. The number of anilines is 1. The summed E-state index contributed by atoms with van der Waals surface area (Å²) in [7, 11) is 0. The van der Waals surface area contributed by atoms with Crippen LogP contribution >= 0.6 is 11.6 Å². The molecule has 0 bridgehead atoms. The zero-order valence-corrected chi connectivity index (χ0v) is 10.4. The van der Waals surface area contributed by atoms with Crippen molar-refractivity contribution in [2.75, 3.05) is 18.4 Å². The number of rotatable bonds is 4. The Labute approximate surface area is 114 Å². The highest BCUT2D eigenvalue weighted by Crippen LogP contribution is 2.18. The van der Waals surface area contributed by atoms with Gasteiger partial charge in [-0.2, -0.15) is 0 Å². The van der Waals surface area contributed by atoms with Crippen LogP contribution in [0.25, 0.3) is 0 Å². The lowest BCUT2D eigenvalue weighted by Crippen LogP contribution is -2.39. The van der Waals surface area contributed by atoms with Gasteiger partial charge in [-0.3, -0.25) is 4.79 Å². The van der Waals surface area contributed by atoms with Crippen LogP contribution in [0.3, 0.4) is 0 Å². The summed E-state index contributed by atoms with van der Waals surface area (Å²) < 4.78 is 13.1. The molecule has 1 aromatic rings. The van der Waals surface area contributed by atoms with E-state index in [1.165, 1.54) is 6.07 Å². The zero-order valence-electron chi connectivity index (χ0n) is 9.69. The zero-order chi connectivity index (χ0) is 14.4. The number of carboxylic acids is 1. The Bertz CT molecular complexity index is 522. The van der Waals surface area contributed by atoms with Gasteiger partial charge in [-0.15, -0.1) is 6.42 Å². The fraction of sp³-hybridized carbons (Fsp3) is 0.167. The summed E-state index contributed by atoms with van der Waals surface area (Å²) in [6, 6.07) is 2.71. The highest BCUT2D eigenvalue weighted by Gasteiger charge is 2.16. The van der Waals surface area contributed by atoms with Gasteiger partial charge in [0.15, 0.2) is 0 Å². The molecule has 0 atom stereocenters. The smallest absolute Gasteiger partial charge is 0.323 e. The lowest BCUT2D eigenvalue weighted by molar-refractivity contribution is -0.137. The molecule has 0 radical (unpaired) electrons. The summed E-state index contributed by atoms with van der Waals surface area (Å²) in [5.41, 5.74) is 0.113. The third kappa shape index (κ3) is 4.85. The number of halogens is 2. The van der Waals surface area contributed by atoms with Crippen molar-refractivity contribution in [1.82, 2.24) is 4.90 Å². The first kappa shape index (κ1) is 14.8. The van der Waals surface area contributed by atoms with Crippen LogP contribution < -0.4 is 5.32 Å². The van der Waals surface area contributed by atoms with Crippen molar-refractivity contribution in [2.24, 2.45) is 0 Å². The number of hydrogen-bond donors (Lipinski definition) is 2. The average molecular weight is 285 g/mol. The second-order valence-electron chi connectivity index (χ2n) is 3.54. The van der Waals surface area contributed by atoms with Gasteiger partial charge in [-0.1, -0.05) is 17.5 Å². The molecule has 0 fully saturated rings. The molecule has 0 aromatic heterocycles. The maximum atomic E-state index is 13.1. The molecule has 100 valence electrons. The van der Waals surface area contributed by atoms with E-state index >= 15 is 0 Å². The number of carbonyl (C=O) groups excluding carboxylic acids is 1. The van der Waals surface area contributed by atoms with Gasteiger partial charge < -0.3 is 15.3 Å². The first-order valence-corrected chi connectivity index (χ1v) is 5.47. The Kier molecular flexibility index (Phi) is 5.15. The maximum Gasteiger partial charge on any atom is 0.323 e. The van der Waals surface area contributed by atoms with E-state index in [2.05, 4.69) is 11.2 Å². The molecule has 1 rings (SSSR count). The minimum atomic E-state index is -1.21. The van der Waals surface area contributed by atoms with Crippen LogP contribution in [0.2, 0.25) is 5.02 Å². The van der Waals surface area contributed by atoms with Crippen molar-refractivity contribution < 1.29 is 19.1 Å². The van der Waals surface area contributed by atoms with E-state index in [4.69, 9.17) is 23.1 Å². The fourth-order valence-electron chi connectivity index (χ4n) is 1.30. The second kappa shape index (κ2) is 6.61. The second-order valence-corrected chi connectivity index (χ2v) is 3.98. The Morgan fingerprint density at radius 2 is 2.16 bits per heavy atom. The summed E-state index contributed by atoms with van der Waals surface area (Å²) >= 11 is 5.63. The number of aliphatic carboxylic acids is 1. The molecule has 0 saturated heterocycles. The van der Waals surface area contributed by atoms with E-state index < -0.39 is 24.4 Å². The molecule has 0 aliphatic carbocycles. The van der Waals surface area contributed by atoms with Crippen molar-refractivity contribution in [3.63, 3.8) is 0 Å². The Morgan fingerprint density at radius 1 is 1.47 bits per heavy atom. The van der Waals surface area contributed by atoms with E-state index in [1.807, 2.05) is 0 Å². The van der Waals surface area contributed by atoms with Crippen LogP contribution in [0.4, 0.5) is 14.9 Å². The molecule has 2 N–H and O–H groups in total. The number of hydrogen-bond acceptors (Lipinski definition) is 2. The summed E-state index contributed by atoms with van der Waals surface area (Å²) in [4.78, 5) is 23.2. The van der Waals surface area contributed by atoms with Gasteiger partial charge in [0.1, 0.15) is 12.4 Å². The Morgan fingerprint density at radius 3 is 2.68 bits per heavy atom. The molecule has 0 unspecified atom stereocenters. The number of nitrogens with one attached hydrogen (secondary N) is 1. The predicted octanol–water partition coefficient (Wildman–Crippen LogP) is 2.03. The molecule has 0 spiro atoms. The number of amides is 2. The minimum absolute atomic E-state index is 0.108. The molecular weight excluding hydrogens is 275 g/mol. The molecule has 0 aliphatic rings. The molecule has 1 aromatic carbocycles. The molecule has 2 amide bonds. The lowest BCUT2D eigenvalue weighted by atomic mass is 10.3. The van der Waals surface area contributed by atoms with Crippen LogP contribution in [-0.2, 0) is 4.79 Å². The van der Waals surface area contributed by atoms with Crippen molar-refractivity contribution >= 4 is 29.3 Å². The standard InChI is InChI=1S/C12H10ClFN2O3/c1-2-3-16(7-11(17)18)12(19)15-10-5-8(13)4-9(14)6-10/h1,4-6H,3,7H2,(H,15,19)(H,17,18). The Hall–Kier alpha value is -2.26. The van der Waals surface area contributed by atoms with Crippen molar-refractivity contribution in [3.05, 3.63) is 29.0 Å². The van der Waals surface area contributed by atoms with Gasteiger partial charge >= 0.3 is 12.0 Å². The van der Waals surface area contributed by atoms with Gasteiger partial charge in [-0.05, 0) is 18.2 Å². The van der Waals surface area contributed by atoms with Crippen LogP contribution in [0.1, 0.15) is 0 Å². The van der Waals surface area contributed by atoms with Gasteiger partial charge in [0, 0.05) is 10.7 Å². The molecule has 7 heteroatoms. The van der Waals surface area contributed by atoms with E-state index in [9.17, 15) is 14.0 Å². The van der Waals surface area contributed by atoms with Gasteiger partial charge in [0.05, 0.1) is 6.54 Å². The molecule has 5 nitrogen and oxygen atoms in total. The maximum absolute atomic E-state index is 13.1. The van der Waals surface area contributed by atoms with Crippen LogP contribution in [-0.4, -0.2) is 35.1 Å². The highest BCUT2D eigenvalue weighted by atomic mass is 35.5. The Balaban J connectivity index is 2.81. The average Bonchev–Trinajstić information content (AvgIpc) is 2.26. The first-order valence-electron chi connectivity index (χ1n) is 5.09. The minimum Gasteiger partial charge on any atom is -0.480 e. The normalized spacial score (nSPS) is 9.53. The summed E-state index contributed by atoms with van der Waals surface area (Å²) in [5.74, 6) is 0.338. The number of benzene rings is 1. The molecular formula is C12H10ClFN2O3. The third-order valence-electron chi connectivity index (χ3n) is 2.01. The largest absolute Gasteiger partial charge is 0.480 e. The number of carbonyl (C=O) groups is 2. The SMILES string of the molecule is C#CCN(CC(=O)O)C(=O)Nc1cc(F)cc(Cl)c1. The first-order chi connectivity index (χ1) is 8.92. The van der Waals surface area contributed by atoms with Crippen LogP contribution in [0, 0.1) is 18.2 Å². The van der Waals surface area contributed by atoms with Crippen LogP contribution in [0.15, 0.2) is 18.2 Å². The number of urea groups is 1. The van der Waals surface area contributed by atoms with E-state index in [1.54, 1.807) is 0 Å². The monoisotopic (exact) mass is 284 g/mol.